The third-order valence-corrected chi connectivity index (χ3v) is 2.59. The third kappa shape index (κ3) is 3.01. The minimum atomic E-state index is -2.59. The van der Waals surface area contributed by atoms with Gasteiger partial charge in [-0.2, -0.15) is 0 Å². The van der Waals surface area contributed by atoms with Crippen LogP contribution in [-0.2, 0) is 0 Å². The van der Waals surface area contributed by atoms with Crippen LogP contribution in [0.4, 0.5) is 0 Å². The first-order valence-electron chi connectivity index (χ1n) is 3.50. The summed E-state index contributed by atoms with van der Waals surface area (Å²) in [6, 6.07) is 4.34. The molecule has 0 bridgehead atoms. The summed E-state index contributed by atoms with van der Waals surface area (Å²) in [5.41, 5.74) is 0. The number of ether oxygens (including phenoxy) is 1. The maximum absolute atomic E-state index is 10.4. The van der Waals surface area contributed by atoms with Crippen LogP contribution in [0.3, 0.4) is 0 Å². The van der Waals surface area contributed by atoms with Crippen LogP contribution in [-0.4, -0.2) is 9.57 Å². The van der Waals surface area contributed by atoms with Crippen LogP contribution in [0.25, 0.3) is 0 Å². The van der Waals surface area contributed by atoms with E-state index in [1.165, 1.54) is 18.2 Å². The molecular formula is C7H3Cl4NO3. The minimum Gasteiger partial charge on any atom is -0.401 e. The lowest BCUT2D eigenvalue weighted by Gasteiger charge is -2.13. The van der Waals surface area contributed by atoms with Gasteiger partial charge in [0.05, 0.1) is 5.02 Å². The van der Waals surface area contributed by atoms with Crippen molar-refractivity contribution in [1.82, 2.24) is 0 Å². The Kier molecular flexibility index (Phi) is 3.89. The maximum Gasteiger partial charge on any atom is 0.528 e. The van der Waals surface area contributed by atoms with Crippen molar-refractivity contribution in [1.29, 1.82) is 0 Å². The van der Waals surface area contributed by atoms with Gasteiger partial charge in [-0.1, -0.05) is 29.3 Å². The van der Waals surface area contributed by atoms with Gasteiger partial charge in [-0.3, -0.25) is 10.1 Å². The summed E-state index contributed by atoms with van der Waals surface area (Å²) in [6.45, 7) is 0. The third-order valence-electron chi connectivity index (χ3n) is 1.36. The first-order chi connectivity index (χ1) is 6.84. The number of hydrogen-bond acceptors (Lipinski definition) is 3. The van der Waals surface area contributed by atoms with E-state index in [9.17, 15) is 10.1 Å². The second-order valence-corrected chi connectivity index (χ2v) is 4.40. The molecule has 82 valence electrons. The molecule has 1 rings (SSSR count). The zero-order valence-corrected chi connectivity index (χ0v) is 9.94. The molecule has 0 aliphatic rings. The highest BCUT2D eigenvalue weighted by atomic mass is 35.5. The standard InChI is InChI=1S/C7H3Cl4NO3/c8-4-2-1-3-5(6(4)9)15-7(10,11)12(13)14/h1-3H. The predicted molar refractivity (Wildman–Crippen MR) is 58.5 cm³/mol. The van der Waals surface area contributed by atoms with Gasteiger partial charge in [-0.05, 0) is 12.1 Å². The topological polar surface area (TPSA) is 52.4 Å². The van der Waals surface area contributed by atoms with Gasteiger partial charge in [0.15, 0.2) is 0 Å². The Balaban J connectivity index is 3.00. The highest BCUT2D eigenvalue weighted by molar-refractivity contribution is 6.46. The van der Waals surface area contributed by atoms with E-state index < -0.39 is 9.57 Å². The van der Waals surface area contributed by atoms with Crippen molar-refractivity contribution in [3.05, 3.63) is 38.4 Å². The van der Waals surface area contributed by atoms with Gasteiger partial charge in [-0.25, -0.2) is 0 Å². The van der Waals surface area contributed by atoms with E-state index in [-0.39, 0.29) is 15.8 Å². The molecule has 0 saturated carbocycles. The molecule has 0 unspecified atom stereocenters. The van der Waals surface area contributed by atoms with Crippen molar-refractivity contribution in [2.75, 3.05) is 0 Å². The molecular weight excluding hydrogens is 288 g/mol. The van der Waals surface area contributed by atoms with Gasteiger partial charge in [0, 0.05) is 23.2 Å². The Morgan fingerprint density at radius 2 is 1.93 bits per heavy atom. The van der Waals surface area contributed by atoms with Crippen LogP contribution in [0, 0.1) is 10.1 Å². The molecule has 0 spiro atoms. The Hall–Kier alpha value is -0.420. The molecule has 4 nitrogen and oxygen atoms in total. The van der Waals surface area contributed by atoms with E-state index in [2.05, 4.69) is 0 Å². The van der Waals surface area contributed by atoms with Crippen molar-refractivity contribution in [3.63, 3.8) is 0 Å². The first kappa shape index (κ1) is 12.6. The summed E-state index contributed by atoms with van der Waals surface area (Å²) in [7, 11) is 0. The summed E-state index contributed by atoms with van der Waals surface area (Å²) < 4.78 is 2.10. The van der Waals surface area contributed by atoms with Crippen LogP contribution in [0.5, 0.6) is 5.75 Å². The van der Waals surface area contributed by atoms with Gasteiger partial charge < -0.3 is 4.74 Å². The van der Waals surface area contributed by atoms with Gasteiger partial charge >= 0.3 is 4.64 Å². The van der Waals surface area contributed by atoms with Crippen molar-refractivity contribution in [3.8, 4) is 5.75 Å². The van der Waals surface area contributed by atoms with E-state index in [1.807, 2.05) is 0 Å². The molecule has 0 amide bonds. The first-order valence-corrected chi connectivity index (χ1v) is 5.01. The van der Waals surface area contributed by atoms with E-state index in [1.54, 1.807) is 0 Å². The molecule has 15 heavy (non-hydrogen) atoms. The molecule has 1 aromatic carbocycles. The molecule has 0 fully saturated rings. The predicted octanol–water partition coefficient (Wildman–Crippen LogP) is 3.74. The van der Waals surface area contributed by atoms with E-state index in [4.69, 9.17) is 51.1 Å². The molecule has 0 radical (unpaired) electrons. The smallest absolute Gasteiger partial charge is 0.401 e. The summed E-state index contributed by atoms with van der Waals surface area (Å²) in [5, 5.41) is 10.6. The van der Waals surface area contributed by atoms with Crippen LogP contribution < -0.4 is 4.74 Å². The monoisotopic (exact) mass is 289 g/mol. The summed E-state index contributed by atoms with van der Waals surface area (Å²) in [6.07, 6.45) is 0. The van der Waals surface area contributed by atoms with E-state index in [0.717, 1.165) is 0 Å². The Morgan fingerprint density at radius 1 is 1.33 bits per heavy atom. The molecule has 0 heterocycles. The maximum atomic E-state index is 10.4. The summed E-state index contributed by atoms with van der Waals surface area (Å²) >= 11 is 21.9. The zero-order valence-electron chi connectivity index (χ0n) is 6.92. The number of nitro groups is 1. The van der Waals surface area contributed by atoms with Crippen molar-refractivity contribution in [2.45, 2.75) is 4.64 Å². The lowest BCUT2D eigenvalue weighted by molar-refractivity contribution is -0.555. The van der Waals surface area contributed by atoms with Crippen LogP contribution in [0.15, 0.2) is 18.2 Å². The van der Waals surface area contributed by atoms with Gasteiger partial charge in [-0.15, -0.1) is 0 Å². The van der Waals surface area contributed by atoms with Gasteiger partial charge in [0.1, 0.15) is 15.7 Å². The number of halogens is 4. The number of nitrogens with zero attached hydrogens (tertiary/aromatic N) is 1. The average Bonchev–Trinajstić information content (AvgIpc) is 2.12. The molecule has 0 N–H and O–H groups in total. The molecule has 0 saturated heterocycles. The molecule has 0 aliphatic carbocycles. The lowest BCUT2D eigenvalue weighted by atomic mass is 10.3. The Morgan fingerprint density at radius 3 is 2.47 bits per heavy atom. The normalized spacial score (nSPS) is 11.2. The van der Waals surface area contributed by atoms with Crippen molar-refractivity contribution in [2.24, 2.45) is 0 Å². The van der Waals surface area contributed by atoms with Crippen LogP contribution >= 0.6 is 46.4 Å². The molecule has 0 atom stereocenters. The minimum absolute atomic E-state index is 0.00620. The average molecular weight is 291 g/mol. The van der Waals surface area contributed by atoms with Crippen LogP contribution in [0.1, 0.15) is 0 Å². The second kappa shape index (κ2) is 4.61. The second-order valence-electron chi connectivity index (χ2n) is 2.40. The number of benzene rings is 1. The van der Waals surface area contributed by atoms with Gasteiger partial charge in [0.2, 0.25) is 0 Å². The number of alkyl halides is 2. The van der Waals surface area contributed by atoms with Crippen molar-refractivity contribution < 1.29 is 9.66 Å². The molecule has 0 aromatic heterocycles. The summed E-state index contributed by atoms with van der Waals surface area (Å²) in [5.74, 6) is -0.0640. The van der Waals surface area contributed by atoms with Gasteiger partial charge in [0.25, 0.3) is 0 Å². The highest BCUT2D eigenvalue weighted by Gasteiger charge is 2.41. The fourth-order valence-electron chi connectivity index (χ4n) is 0.732. The Labute approximate surface area is 105 Å². The number of hydrogen-bond donors (Lipinski definition) is 0. The summed E-state index contributed by atoms with van der Waals surface area (Å²) in [4.78, 5) is 9.36. The van der Waals surface area contributed by atoms with E-state index in [0.29, 0.717) is 0 Å². The van der Waals surface area contributed by atoms with Crippen LogP contribution in [0.2, 0.25) is 10.0 Å². The van der Waals surface area contributed by atoms with Crippen molar-refractivity contribution >= 4 is 46.4 Å². The highest BCUT2D eigenvalue weighted by Crippen LogP contribution is 2.36. The largest absolute Gasteiger partial charge is 0.528 e. The fourth-order valence-corrected chi connectivity index (χ4v) is 1.23. The molecule has 1 aromatic rings. The lowest BCUT2D eigenvalue weighted by Crippen LogP contribution is -2.31. The number of rotatable bonds is 3. The molecule has 0 aliphatic heterocycles. The molecule has 8 heteroatoms. The van der Waals surface area contributed by atoms with E-state index >= 15 is 0 Å². The quantitative estimate of drug-likeness (QED) is 0.280. The SMILES string of the molecule is O=[N+]([O-])C(Cl)(Cl)Oc1cccc(Cl)c1Cl. The zero-order chi connectivity index (χ0) is 11.6. The fraction of sp³-hybridized carbons (Fsp3) is 0.143. The Bertz CT molecular complexity index is 396.